The molecule has 0 heterocycles. The second kappa shape index (κ2) is 7.90. The predicted octanol–water partition coefficient (Wildman–Crippen LogP) is 2.71. The Kier molecular flexibility index (Phi) is 6.85. The van der Waals surface area contributed by atoms with E-state index in [1.165, 1.54) is 11.8 Å². The molecule has 0 bridgehead atoms. The second-order valence-corrected chi connectivity index (χ2v) is 8.01. The molecule has 0 spiro atoms. The van der Waals surface area contributed by atoms with Gasteiger partial charge in [0, 0.05) is 22.4 Å². The zero-order valence-corrected chi connectivity index (χ0v) is 13.9. The van der Waals surface area contributed by atoms with Crippen LogP contribution in [0.4, 0.5) is 5.69 Å². The number of thioether (sulfide) groups is 1. The second-order valence-electron chi connectivity index (χ2n) is 5.00. The van der Waals surface area contributed by atoms with Gasteiger partial charge in [-0.15, -0.1) is 11.8 Å². The van der Waals surface area contributed by atoms with E-state index in [0.717, 1.165) is 11.3 Å². The maximum absolute atomic E-state index is 12.0. The van der Waals surface area contributed by atoms with Crippen LogP contribution in [-0.4, -0.2) is 26.0 Å². The third-order valence-corrected chi connectivity index (χ3v) is 6.21. The smallest absolute Gasteiger partial charge is 0.212 e. The SMILES string of the molecule is CCC(C)C(C)NS(=O)(=O)CCSc1ccccc1N. The van der Waals surface area contributed by atoms with Gasteiger partial charge in [0.05, 0.1) is 5.75 Å². The van der Waals surface area contributed by atoms with Crippen molar-refractivity contribution < 1.29 is 8.42 Å². The summed E-state index contributed by atoms with van der Waals surface area (Å²) in [5, 5.41) is 0. The lowest BCUT2D eigenvalue weighted by molar-refractivity contribution is 0.434. The van der Waals surface area contributed by atoms with Crippen LogP contribution in [0, 0.1) is 5.92 Å². The average Bonchev–Trinajstić information content (AvgIpc) is 2.39. The van der Waals surface area contributed by atoms with Crippen molar-refractivity contribution in [2.45, 2.75) is 38.1 Å². The quantitative estimate of drug-likeness (QED) is 0.571. The highest BCUT2D eigenvalue weighted by Gasteiger charge is 2.18. The van der Waals surface area contributed by atoms with Gasteiger partial charge < -0.3 is 5.73 Å². The molecule has 0 aliphatic rings. The van der Waals surface area contributed by atoms with Crippen LogP contribution in [0.1, 0.15) is 27.2 Å². The van der Waals surface area contributed by atoms with Crippen molar-refractivity contribution in [3.63, 3.8) is 0 Å². The van der Waals surface area contributed by atoms with Crippen LogP contribution < -0.4 is 10.5 Å². The molecule has 0 saturated heterocycles. The number of sulfonamides is 1. The van der Waals surface area contributed by atoms with Crippen molar-refractivity contribution >= 4 is 27.5 Å². The first-order chi connectivity index (χ1) is 9.35. The molecule has 1 aromatic carbocycles. The number of nitrogen functional groups attached to an aromatic ring is 1. The Morgan fingerprint density at radius 2 is 1.95 bits per heavy atom. The first-order valence-electron chi connectivity index (χ1n) is 6.83. The van der Waals surface area contributed by atoms with Crippen LogP contribution in [-0.2, 0) is 10.0 Å². The van der Waals surface area contributed by atoms with E-state index in [2.05, 4.69) is 11.6 Å². The number of benzene rings is 1. The van der Waals surface area contributed by atoms with Crippen LogP contribution in [0.5, 0.6) is 0 Å². The highest BCUT2D eigenvalue weighted by molar-refractivity contribution is 8.00. The number of nitrogens with two attached hydrogens (primary N) is 1. The lowest BCUT2D eigenvalue weighted by Crippen LogP contribution is -2.38. The molecule has 0 saturated carbocycles. The van der Waals surface area contributed by atoms with E-state index < -0.39 is 10.0 Å². The first-order valence-corrected chi connectivity index (χ1v) is 9.46. The Hall–Kier alpha value is -0.720. The van der Waals surface area contributed by atoms with Crippen LogP contribution in [0.15, 0.2) is 29.2 Å². The molecule has 20 heavy (non-hydrogen) atoms. The van der Waals surface area contributed by atoms with E-state index in [1.807, 2.05) is 38.1 Å². The standard InChI is InChI=1S/C14H24N2O2S2/c1-4-11(2)12(3)16-20(17,18)10-9-19-14-8-6-5-7-13(14)15/h5-8,11-12,16H,4,9-10,15H2,1-3H3. The van der Waals surface area contributed by atoms with Crippen molar-refractivity contribution in [1.29, 1.82) is 0 Å². The van der Waals surface area contributed by atoms with Crippen LogP contribution >= 0.6 is 11.8 Å². The molecular formula is C14H24N2O2S2. The van der Waals surface area contributed by atoms with Crippen molar-refractivity contribution in [3.8, 4) is 0 Å². The molecule has 114 valence electrons. The summed E-state index contributed by atoms with van der Waals surface area (Å²) in [4.78, 5) is 0.928. The molecule has 0 amide bonds. The van der Waals surface area contributed by atoms with Crippen molar-refractivity contribution in [1.82, 2.24) is 4.72 Å². The van der Waals surface area contributed by atoms with Gasteiger partial charge in [-0.3, -0.25) is 0 Å². The number of para-hydroxylation sites is 1. The fourth-order valence-corrected chi connectivity index (χ4v) is 4.44. The van der Waals surface area contributed by atoms with Crippen molar-refractivity contribution in [2.24, 2.45) is 5.92 Å². The largest absolute Gasteiger partial charge is 0.398 e. The number of anilines is 1. The lowest BCUT2D eigenvalue weighted by atomic mass is 10.0. The fourth-order valence-electron chi connectivity index (χ4n) is 1.69. The predicted molar refractivity (Wildman–Crippen MR) is 87.4 cm³/mol. The maximum atomic E-state index is 12.0. The average molecular weight is 316 g/mol. The Balaban J connectivity index is 2.46. The van der Waals surface area contributed by atoms with Gasteiger partial charge in [0.25, 0.3) is 0 Å². The van der Waals surface area contributed by atoms with Gasteiger partial charge in [0.15, 0.2) is 0 Å². The monoisotopic (exact) mass is 316 g/mol. The van der Waals surface area contributed by atoms with Gasteiger partial charge in [0.1, 0.15) is 0 Å². The zero-order chi connectivity index (χ0) is 15.2. The van der Waals surface area contributed by atoms with E-state index in [0.29, 0.717) is 17.4 Å². The van der Waals surface area contributed by atoms with Gasteiger partial charge in [-0.2, -0.15) is 0 Å². The Morgan fingerprint density at radius 3 is 2.55 bits per heavy atom. The molecule has 2 unspecified atom stereocenters. The summed E-state index contributed by atoms with van der Waals surface area (Å²) in [6.45, 7) is 6.02. The highest BCUT2D eigenvalue weighted by Crippen LogP contribution is 2.24. The summed E-state index contributed by atoms with van der Waals surface area (Å²) in [6.07, 6.45) is 0.957. The molecule has 6 heteroatoms. The van der Waals surface area contributed by atoms with Crippen LogP contribution in [0.2, 0.25) is 0 Å². The number of nitrogens with one attached hydrogen (secondary N) is 1. The van der Waals surface area contributed by atoms with Gasteiger partial charge in [-0.25, -0.2) is 13.1 Å². The summed E-state index contributed by atoms with van der Waals surface area (Å²) < 4.78 is 26.7. The third kappa shape index (κ3) is 5.73. The Bertz CT molecular complexity index is 518. The Labute approximate surface area is 126 Å². The summed E-state index contributed by atoms with van der Waals surface area (Å²) in [5.41, 5.74) is 6.51. The van der Waals surface area contributed by atoms with Crippen molar-refractivity contribution in [2.75, 3.05) is 17.2 Å². The van der Waals surface area contributed by atoms with Crippen LogP contribution in [0.25, 0.3) is 0 Å². The minimum absolute atomic E-state index is 0.0307. The van der Waals surface area contributed by atoms with E-state index in [4.69, 9.17) is 5.73 Å². The summed E-state index contributed by atoms with van der Waals surface area (Å²) in [5.74, 6) is 0.936. The molecule has 0 fully saturated rings. The molecular weight excluding hydrogens is 292 g/mol. The zero-order valence-electron chi connectivity index (χ0n) is 12.3. The summed E-state index contributed by atoms with van der Waals surface area (Å²) >= 11 is 1.47. The molecule has 2 atom stereocenters. The fraction of sp³-hybridized carbons (Fsp3) is 0.571. The lowest BCUT2D eigenvalue weighted by Gasteiger charge is -2.19. The molecule has 1 aromatic rings. The number of hydrogen-bond acceptors (Lipinski definition) is 4. The topological polar surface area (TPSA) is 72.2 Å². The third-order valence-electron chi connectivity index (χ3n) is 3.39. The molecule has 4 nitrogen and oxygen atoms in total. The van der Waals surface area contributed by atoms with E-state index in [9.17, 15) is 8.42 Å². The van der Waals surface area contributed by atoms with Gasteiger partial charge in [-0.05, 0) is 25.0 Å². The first kappa shape index (κ1) is 17.3. The van der Waals surface area contributed by atoms with Crippen molar-refractivity contribution in [3.05, 3.63) is 24.3 Å². The molecule has 3 N–H and O–H groups in total. The highest BCUT2D eigenvalue weighted by atomic mass is 32.2. The van der Waals surface area contributed by atoms with E-state index in [1.54, 1.807) is 0 Å². The van der Waals surface area contributed by atoms with Crippen LogP contribution in [0.3, 0.4) is 0 Å². The minimum Gasteiger partial charge on any atom is -0.398 e. The molecule has 0 radical (unpaired) electrons. The minimum atomic E-state index is -3.23. The molecule has 1 rings (SSSR count). The summed E-state index contributed by atoms with van der Waals surface area (Å²) in [7, 11) is -3.23. The number of rotatable bonds is 8. The molecule has 0 aromatic heterocycles. The van der Waals surface area contributed by atoms with E-state index >= 15 is 0 Å². The van der Waals surface area contributed by atoms with Gasteiger partial charge in [-0.1, -0.05) is 32.4 Å². The number of hydrogen-bond donors (Lipinski definition) is 2. The van der Waals surface area contributed by atoms with Gasteiger partial charge in [0.2, 0.25) is 10.0 Å². The Morgan fingerprint density at radius 1 is 1.30 bits per heavy atom. The molecule has 0 aliphatic heterocycles. The van der Waals surface area contributed by atoms with Gasteiger partial charge >= 0.3 is 0 Å². The van der Waals surface area contributed by atoms with E-state index in [-0.39, 0.29) is 11.8 Å². The normalized spacial score (nSPS) is 14.9. The summed E-state index contributed by atoms with van der Waals surface area (Å²) in [6, 6.07) is 7.46. The molecule has 0 aliphatic carbocycles. The maximum Gasteiger partial charge on any atom is 0.212 e.